The van der Waals surface area contributed by atoms with Crippen molar-refractivity contribution < 1.29 is 43.3 Å². The number of esters is 1. The smallest absolute Gasteiger partial charge is 0.335 e. The van der Waals surface area contributed by atoms with Gasteiger partial charge in [-0.2, -0.15) is 0 Å². The van der Waals surface area contributed by atoms with Crippen LogP contribution in [0, 0.1) is 22.7 Å². The molecule has 6 rings (SSSR count). The molecule has 270 valence electrons. The summed E-state index contributed by atoms with van der Waals surface area (Å²) in [6.07, 6.45) is 10.7. The van der Waals surface area contributed by atoms with Crippen LogP contribution < -0.4 is 16.7 Å². The molecule has 5 fully saturated rings. The van der Waals surface area contributed by atoms with Crippen molar-refractivity contribution >= 4 is 23.8 Å². The SMILES string of the molecule is C[C@]12CC[C@H](OC(=O)CCCCCCC(=O)N[C@@H](CCC(=O)O)C(N)=O)C[C@@]1(O)CC[C@@H]1[C@@H]2CC[C@]2(C)[C@@H](c3ccc(=O)oc3)C[C@H]3O[C@]132. The van der Waals surface area contributed by atoms with E-state index in [0.717, 1.165) is 56.9 Å². The van der Waals surface area contributed by atoms with Crippen LogP contribution in [-0.2, 0) is 28.7 Å². The van der Waals surface area contributed by atoms with Crippen molar-refractivity contribution in [3.8, 4) is 0 Å². The Labute approximate surface area is 286 Å². The molecule has 1 aliphatic heterocycles. The van der Waals surface area contributed by atoms with Crippen LogP contribution in [0.2, 0.25) is 0 Å². The molecule has 1 aromatic heterocycles. The van der Waals surface area contributed by atoms with Gasteiger partial charge in [0, 0.05) is 37.2 Å². The molecule has 12 heteroatoms. The van der Waals surface area contributed by atoms with Crippen LogP contribution in [0.15, 0.2) is 27.6 Å². The fourth-order valence-corrected chi connectivity index (χ4v) is 10.8. The maximum atomic E-state index is 12.8. The zero-order valence-electron chi connectivity index (χ0n) is 28.7. The largest absolute Gasteiger partial charge is 0.481 e. The number of nitrogens with one attached hydrogen (secondary N) is 1. The molecule has 5 N–H and O–H groups in total. The number of aliphatic carboxylic acids is 1. The van der Waals surface area contributed by atoms with Gasteiger partial charge >= 0.3 is 17.6 Å². The van der Waals surface area contributed by atoms with Crippen molar-refractivity contribution in [3.63, 3.8) is 0 Å². The molecule has 10 atom stereocenters. The maximum Gasteiger partial charge on any atom is 0.335 e. The van der Waals surface area contributed by atoms with Gasteiger partial charge in [-0.05, 0) is 99.0 Å². The zero-order valence-corrected chi connectivity index (χ0v) is 28.7. The summed E-state index contributed by atoms with van der Waals surface area (Å²) in [5, 5.41) is 23.5. The molecular formula is C37H52N2O10. The number of carbonyl (C=O) groups is 4. The van der Waals surface area contributed by atoms with Gasteiger partial charge in [0.15, 0.2) is 0 Å². The average molecular weight is 685 g/mol. The third kappa shape index (κ3) is 6.43. The van der Waals surface area contributed by atoms with Gasteiger partial charge in [-0.25, -0.2) is 4.79 Å². The molecule has 4 aliphatic carbocycles. The summed E-state index contributed by atoms with van der Waals surface area (Å²) in [4.78, 5) is 58.8. The Bertz CT molecular complexity index is 1490. The monoisotopic (exact) mass is 684 g/mol. The molecule has 0 radical (unpaired) electrons. The summed E-state index contributed by atoms with van der Waals surface area (Å²) >= 11 is 0. The highest BCUT2D eigenvalue weighted by Crippen LogP contribution is 2.78. The Kier molecular flexibility index (Phi) is 9.78. The first-order valence-electron chi connectivity index (χ1n) is 18.2. The Hall–Kier alpha value is -3.25. The van der Waals surface area contributed by atoms with E-state index in [-0.39, 0.29) is 77.7 Å². The number of fused-ring (bicyclic) bond motifs is 3. The summed E-state index contributed by atoms with van der Waals surface area (Å²) in [7, 11) is 0. The number of carboxylic acids is 1. The molecule has 12 nitrogen and oxygen atoms in total. The van der Waals surface area contributed by atoms with Crippen LogP contribution in [0.4, 0.5) is 0 Å². The Morgan fingerprint density at radius 2 is 1.69 bits per heavy atom. The van der Waals surface area contributed by atoms with Crippen LogP contribution in [0.5, 0.6) is 0 Å². The number of hydrogen-bond donors (Lipinski definition) is 4. The first kappa shape index (κ1) is 35.6. The summed E-state index contributed by atoms with van der Waals surface area (Å²) < 4.78 is 17.8. The van der Waals surface area contributed by atoms with E-state index in [4.69, 9.17) is 24.7 Å². The summed E-state index contributed by atoms with van der Waals surface area (Å²) in [6.45, 7) is 4.61. The molecule has 0 unspecified atom stereocenters. The van der Waals surface area contributed by atoms with Crippen LogP contribution in [0.3, 0.4) is 0 Å². The van der Waals surface area contributed by atoms with Crippen molar-refractivity contribution in [1.82, 2.24) is 5.32 Å². The molecule has 0 bridgehead atoms. The fourth-order valence-electron chi connectivity index (χ4n) is 10.8. The van der Waals surface area contributed by atoms with Crippen molar-refractivity contribution in [2.24, 2.45) is 28.4 Å². The van der Waals surface area contributed by atoms with Gasteiger partial charge in [0.2, 0.25) is 11.8 Å². The molecule has 49 heavy (non-hydrogen) atoms. The van der Waals surface area contributed by atoms with E-state index < -0.39 is 23.5 Å². The molecule has 0 aromatic carbocycles. The molecule has 2 amide bonds. The lowest BCUT2D eigenvalue weighted by atomic mass is 9.42. The van der Waals surface area contributed by atoms with Crippen LogP contribution in [-0.4, -0.2) is 63.4 Å². The van der Waals surface area contributed by atoms with Gasteiger partial charge in [0.05, 0.1) is 18.0 Å². The minimum atomic E-state index is -1.07. The number of carbonyl (C=O) groups excluding carboxylic acids is 3. The number of hydrogen-bond acceptors (Lipinski definition) is 9. The lowest BCUT2D eigenvalue weighted by Crippen LogP contribution is -2.65. The van der Waals surface area contributed by atoms with Crippen molar-refractivity contribution in [2.45, 2.75) is 152 Å². The molecule has 2 heterocycles. The summed E-state index contributed by atoms with van der Waals surface area (Å²) in [6, 6.07) is 2.42. The van der Waals surface area contributed by atoms with E-state index in [1.54, 1.807) is 6.26 Å². The van der Waals surface area contributed by atoms with Crippen molar-refractivity contribution in [1.29, 1.82) is 0 Å². The lowest BCUT2D eigenvalue weighted by molar-refractivity contribution is -0.227. The minimum Gasteiger partial charge on any atom is -0.481 e. The average Bonchev–Trinajstić information content (AvgIpc) is 3.70. The van der Waals surface area contributed by atoms with Crippen molar-refractivity contribution in [3.05, 3.63) is 34.4 Å². The van der Waals surface area contributed by atoms with Gasteiger partial charge in [-0.1, -0.05) is 26.7 Å². The number of nitrogens with two attached hydrogens (primary N) is 1. The van der Waals surface area contributed by atoms with E-state index in [1.165, 1.54) is 6.07 Å². The number of unbranched alkanes of at least 4 members (excludes halogenated alkanes) is 3. The second-order valence-corrected chi connectivity index (χ2v) is 16.0. The standard InChI is InChI=1S/C37H52N2O10/c1-34-16-13-23(48-32(44)8-6-4-3-5-7-29(40)39-27(33(38)45)10-11-30(41)42)20-36(34,46)18-15-25-24(34)14-17-35(2)26(19-28-37(25,35)49-28)22-9-12-31(43)47-21-22/h9,12,21,23-28,46H,3-8,10-11,13-20H2,1-2H3,(H2,38,45)(H,39,40)(H,41,42)/t23-,24-,25+,26+,27-,28+,34+,35+,36-,37+/m0/s1. The van der Waals surface area contributed by atoms with Gasteiger partial charge in [0.1, 0.15) is 17.7 Å². The van der Waals surface area contributed by atoms with Crippen molar-refractivity contribution in [2.75, 3.05) is 0 Å². The molecule has 5 aliphatic rings. The number of rotatable bonds is 14. The van der Waals surface area contributed by atoms with Gasteiger partial charge in [-0.15, -0.1) is 0 Å². The Morgan fingerprint density at radius 1 is 0.980 bits per heavy atom. The van der Waals surface area contributed by atoms with E-state index in [0.29, 0.717) is 37.5 Å². The number of primary amides is 1. The van der Waals surface area contributed by atoms with Gasteiger partial charge < -0.3 is 35.2 Å². The van der Waals surface area contributed by atoms with E-state index in [1.807, 2.05) is 6.07 Å². The number of aliphatic hydroxyl groups is 1. The molecule has 1 aromatic rings. The van der Waals surface area contributed by atoms with Gasteiger partial charge in [-0.3, -0.25) is 19.2 Å². The Balaban J connectivity index is 0.952. The van der Waals surface area contributed by atoms with Crippen LogP contribution in [0.1, 0.15) is 128 Å². The quantitative estimate of drug-likeness (QED) is 0.126. The molecule has 1 saturated heterocycles. The predicted octanol–water partition coefficient (Wildman–Crippen LogP) is 4.10. The first-order chi connectivity index (χ1) is 23.2. The molecule has 4 saturated carbocycles. The first-order valence-corrected chi connectivity index (χ1v) is 18.2. The third-order valence-electron chi connectivity index (χ3n) is 13.5. The van der Waals surface area contributed by atoms with Gasteiger partial charge in [0.25, 0.3) is 0 Å². The van der Waals surface area contributed by atoms with E-state index in [2.05, 4.69) is 19.2 Å². The summed E-state index contributed by atoms with van der Waals surface area (Å²) in [5.74, 6) is -1.49. The highest BCUT2D eigenvalue weighted by molar-refractivity contribution is 5.86. The van der Waals surface area contributed by atoms with E-state index in [9.17, 15) is 29.1 Å². The summed E-state index contributed by atoms with van der Waals surface area (Å²) in [5.41, 5.74) is 4.55. The number of ether oxygens (including phenoxy) is 2. The maximum absolute atomic E-state index is 12.8. The van der Waals surface area contributed by atoms with Crippen LogP contribution >= 0.6 is 0 Å². The number of epoxide rings is 1. The van der Waals surface area contributed by atoms with E-state index >= 15 is 0 Å². The second-order valence-electron chi connectivity index (χ2n) is 16.0. The highest BCUT2D eigenvalue weighted by atomic mass is 16.6. The Morgan fingerprint density at radius 3 is 2.39 bits per heavy atom. The normalized spacial score (nSPS) is 37.8. The second kappa shape index (κ2) is 13.5. The predicted molar refractivity (Wildman–Crippen MR) is 176 cm³/mol. The third-order valence-corrected chi connectivity index (χ3v) is 13.5. The molecular weight excluding hydrogens is 632 g/mol. The molecule has 1 spiro atoms. The highest BCUT2D eigenvalue weighted by Gasteiger charge is 2.81. The number of carboxylic acid groups (broad SMARTS) is 1. The minimum absolute atomic E-state index is 0.0495. The lowest BCUT2D eigenvalue weighted by Gasteiger charge is -2.64. The van der Waals surface area contributed by atoms with Crippen LogP contribution in [0.25, 0.3) is 0 Å². The number of amides is 2. The topological polar surface area (TPSA) is 199 Å². The fraction of sp³-hybridized carbons (Fsp3) is 0.757. The zero-order chi connectivity index (χ0) is 35.2.